The zero-order chi connectivity index (χ0) is 17.1. The van der Waals surface area contributed by atoms with Gasteiger partial charge < -0.3 is 5.32 Å². The Kier molecular flexibility index (Phi) is 4.41. The smallest absolute Gasteiger partial charge is 0.252 e. The highest BCUT2D eigenvalue weighted by Gasteiger charge is 2.24. The molecule has 1 aliphatic carbocycles. The fraction of sp³-hybridized carbons (Fsp3) is 0.368. The molecule has 1 fully saturated rings. The van der Waals surface area contributed by atoms with Gasteiger partial charge in [0.15, 0.2) is 0 Å². The SMILES string of the molecule is O=C(NCC1CCC(c2ccnc3ncnn23)CC1)c1ccccc1. The Balaban J connectivity index is 1.33. The van der Waals surface area contributed by atoms with Crippen molar-refractivity contribution in [1.82, 2.24) is 24.9 Å². The molecule has 0 bridgehead atoms. The van der Waals surface area contributed by atoms with Gasteiger partial charge in [-0.15, -0.1) is 0 Å². The largest absolute Gasteiger partial charge is 0.352 e. The van der Waals surface area contributed by atoms with Gasteiger partial charge in [-0.3, -0.25) is 4.79 Å². The molecule has 1 amide bonds. The monoisotopic (exact) mass is 335 g/mol. The van der Waals surface area contributed by atoms with Crippen LogP contribution >= 0.6 is 0 Å². The van der Waals surface area contributed by atoms with Crippen LogP contribution < -0.4 is 5.32 Å². The molecule has 0 aliphatic heterocycles. The summed E-state index contributed by atoms with van der Waals surface area (Å²) < 4.78 is 1.85. The third-order valence-corrected chi connectivity index (χ3v) is 5.06. The van der Waals surface area contributed by atoms with Crippen LogP contribution in [0.25, 0.3) is 5.78 Å². The van der Waals surface area contributed by atoms with Gasteiger partial charge in [-0.1, -0.05) is 18.2 Å². The maximum atomic E-state index is 12.2. The Morgan fingerprint density at radius 3 is 2.68 bits per heavy atom. The minimum atomic E-state index is 0.0150. The molecular weight excluding hydrogens is 314 g/mol. The molecule has 1 saturated carbocycles. The summed E-state index contributed by atoms with van der Waals surface area (Å²) >= 11 is 0. The highest BCUT2D eigenvalue weighted by atomic mass is 16.1. The number of fused-ring (bicyclic) bond motifs is 1. The molecule has 0 saturated heterocycles. The molecule has 0 radical (unpaired) electrons. The second kappa shape index (κ2) is 7.01. The molecule has 2 aromatic heterocycles. The van der Waals surface area contributed by atoms with Gasteiger partial charge in [-0.25, -0.2) is 9.50 Å². The van der Waals surface area contributed by atoms with E-state index in [1.807, 2.05) is 47.1 Å². The van der Waals surface area contributed by atoms with Crippen molar-refractivity contribution in [2.45, 2.75) is 31.6 Å². The van der Waals surface area contributed by atoms with Crippen molar-refractivity contribution in [3.05, 3.63) is 60.2 Å². The van der Waals surface area contributed by atoms with Crippen molar-refractivity contribution < 1.29 is 4.79 Å². The van der Waals surface area contributed by atoms with E-state index in [0.717, 1.165) is 37.8 Å². The molecule has 0 atom stereocenters. The van der Waals surface area contributed by atoms with E-state index in [0.29, 0.717) is 17.6 Å². The van der Waals surface area contributed by atoms with Crippen molar-refractivity contribution in [1.29, 1.82) is 0 Å². The van der Waals surface area contributed by atoms with Crippen molar-refractivity contribution >= 4 is 11.7 Å². The second-order valence-corrected chi connectivity index (χ2v) is 6.64. The number of hydrogen-bond donors (Lipinski definition) is 1. The summed E-state index contributed by atoms with van der Waals surface area (Å²) in [4.78, 5) is 20.5. The van der Waals surface area contributed by atoms with Crippen LogP contribution in [-0.2, 0) is 0 Å². The van der Waals surface area contributed by atoms with E-state index in [1.165, 1.54) is 5.69 Å². The molecule has 25 heavy (non-hydrogen) atoms. The van der Waals surface area contributed by atoms with Crippen LogP contribution in [0.4, 0.5) is 0 Å². The fourth-order valence-corrected chi connectivity index (χ4v) is 3.66. The summed E-state index contributed by atoms with van der Waals surface area (Å²) in [5, 5.41) is 7.36. The summed E-state index contributed by atoms with van der Waals surface area (Å²) in [6, 6.07) is 11.4. The number of rotatable bonds is 4. The third-order valence-electron chi connectivity index (χ3n) is 5.06. The predicted molar refractivity (Wildman–Crippen MR) is 94.3 cm³/mol. The average Bonchev–Trinajstić information content (AvgIpc) is 3.16. The predicted octanol–water partition coefficient (Wildman–Crippen LogP) is 2.83. The van der Waals surface area contributed by atoms with Gasteiger partial charge >= 0.3 is 0 Å². The van der Waals surface area contributed by atoms with Gasteiger partial charge in [0.25, 0.3) is 11.7 Å². The number of carbonyl (C=O) groups excluding carboxylic acids is 1. The van der Waals surface area contributed by atoms with Crippen LogP contribution in [0.3, 0.4) is 0 Å². The number of nitrogens with zero attached hydrogens (tertiary/aromatic N) is 4. The maximum absolute atomic E-state index is 12.2. The van der Waals surface area contributed by atoms with Gasteiger partial charge in [0.1, 0.15) is 6.33 Å². The zero-order valence-electron chi connectivity index (χ0n) is 14.0. The third kappa shape index (κ3) is 3.38. The van der Waals surface area contributed by atoms with Crippen molar-refractivity contribution in [3.8, 4) is 0 Å². The van der Waals surface area contributed by atoms with E-state index in [1.54, 1.807) is 6.33 Å². The van der Waals surface area contributed by atoms with Crippen LogP contribution in [0.5, 0.6) is 0 Å². The first-order valence-corrected chi connectivity index (χ1v) is 8.79. The van der Waals surface area contributed by atoms with Crippen LogP contribution in [0.15, 0.2) is 48.9 Å². The minimum absolute atomic E-state index is 0.0150. The van der Waals surface area contributed by atoms with Crippen LogP contribution in [-0.4, -0.2) is 32.0 Å². The first kappa shape index (κ1) is 15.7. The number of carbonyl (C=O) groups is 1. The zero-order valence-corrected chi connectivity index (χ0v) is 14.0. The van der Waals surface area contributed by atoms with Crippen LogP contribution in [0.1, 0.15) is 47.7 Å². The summed E-state index contributed by atoms with van der Waals surface area (Å²) in [6.07, 6.45) is 7.79. The summed E-state index contributed by atoms with van der Waals surface area (Å²) in [5.74, 6) is 1.70. The Morgan fingerprint density at radius 2 is 1.88 bits per heavy atom. The molecule has 1 aliphatic rings. The van der Waals surface area contributed by atoms with E-state index in [4.69, 9.17) is 0 Å². The lowest BCUT2D eigenvalue weighted by atomic mass is 9.80. The Labute approximate surface area is 146 Å². The second-order valence-electron chi connectivity index (χ2n) is 6.64. The summed E-state index contributed by atoms with van der Waals surface area (Å²) in [7, 11) is 0. The first-order chi connectivity index (χ1) is 12.3. The van der Waals surface area contributed by atoms with E-state index >= 15 is 0 Å². The first-order valence-electron chi connectivity index (χ1n) is 8.79. The molecule has 1 aromatic carbocycles. The quantitative estimate of drug-likeness (QED) is 0.796. The van der Waals surface area contributed by atoms with Gasteiger partial charge in [-0.2, -0.15) is 10.1 Å². The molecule has 3 aromatic rings. The van der Waals surface area contributed by atoms with E-state index in [2.05, 4.69) is 20.4 Å². The minimum Gasteiger partial charge on any atom is -0.352 e. The normalized spacial score (nSPS) is 20.5. The van der Waals surface area contributed by atoms with Gasteiger partial charge in [0.05, 0.1) is 5.69 Å². The Hall–Kier alpha value is -2.76. The molecular formula is C19H21N5O. The van der Waals surface area contributed by atoms with Gasteiger partial charge in [0, 0.05) is 24.2 Å². The number of nitrogens with one attached hydrogen (secondary N) is 1. The van der Waals surface area contributed by atoms with E-state index in [9.17, 15) is 4.79 Å². The average molecular weight is 335 g/mol. The fourth-order valence-electron chi connectivity index (χ4n) is 3.66. The van der Waals surface area contributed by atoms with Crippen molar-refractivity contribution in [3.63, 3.8) is 0 Å². The van der Waals surface area contributed by atoms with Gasteiger partial charge in [-0.05, 0) is 49.8 Å². The Morgan fingerprint density at radius 1 is 1.08 bits per heavy atom. The van der Waals surface area contributed by atoms with Crippen molar-refractivity contribution in [2.24, 2.45) is 5.92 Å². The molecule has 2 heterocycles. The molecule has 4 rings (SSSR count). The molecule has 6 nitrogen and oxygen atoms in total. The molecule has 0 spiro atoms. The number of hydrogen-bond acceptors (Lipinski definition) is 4. The number of amides is 1. The summed E-state index contributed by atoms with van der Waals surface area (Å²) in [5.41, 5.74) is 1.91. The molecule has 0 unspecified atom stereocenters. The maximum Gasteiger partial charge on any atom is 0.252 e. The highest BCUT2D eigenvalue weighted by molar-refractivity contribution is 5.94. The lowest BCUT2D eigenvalue weighted by molar-refractivity contribution is 0.0943. The van der Waals surface area contributed by atoms with Crippen LogP contribution in [0.2, 0.25) is 0 Å². The van der Waals surface area contributed by atoms with Crippen LogP contribution in [0, 0.1) is 5.92 Å². The number of benzene rings is 1. The standard InChI is InChI=1S/C19H21N5O/c25-18(16-4-2-1-3-5-16)21-12-14-6-8-15(9-7-14)17-10-11-20-19-22-13-23-24(17)19/h1-5,10-11,13-15H,6-9,12H2,(H,21,25). The van der Waals surface area contributed by atoms with E-state index in [-0.39, 0.29) is 5.91 Å². The lowest BCUT2D eigenvalue weighted by Gasteiger charge is -2.28. The molecule has 1 N–H and O–H groups in total. The van der Waals surface area contributed by atoms with Crippen molar-refractivity contribution in [2.75, 3.05) is 6.54 Å². The summed E-state index contributed by atoms with van der Waals surface area (Å²) in [6.45, 7) is 0.746. The highest BCUT2D eigenvalue weighted by Crippen LogP contribution is 2.35. The Bertz CT molecular complexity index is 852. The van der Waals surface area contributed by atoms with Gasteiger partial charge in [0.2, 0.25) is 0 Å². The lowest BCUT2D eigenvalue weighted by Crippen LogP contribution is -2.31. The molecule has 6 heteroatoms. The molecule has 128 valence electrons. The number of aromatic nitrogens is 4. The van der Waals surface area contributed by atoms with E-state index < -0.39 is 0 Å². The topological polar surface area (TPSA) is 72.2 Å².